The molecule has 1 aliphatic rings. The Morgan fingerprint density at radius 2 is 1.94 bits per heavy atom. The maximum absolute atomic E-state index is 9.89. The average molecular weight is 248 g/mol. The Morgan fingerprint density at radius 1 is 1.22 bits per heavy atom. The van der Waals surface area contributed by atoms with E-state index in [1.54, 1.807) is 0 Å². The van der Waals surface area contributed by atoms with Crippen LogP contribution in [0.25, 0.3) is 0 Å². The lowest BCUT2D eigenvalue weighted by molar-refractivity contribution is 0.0621. The minimum Gasteiger partial charge on any atom is -0.491 e. The van der Waals surface area contributed by atoms with Crippen LogP contribution in [0.1, 0.15) is 44.2 Å². The van der Waals surface area contributed by atoms with Crippen molar-refractivity contribution in [2.45, 2.75) is 52.1 Å². The van der Waals surface area contributed by atoms with E-state index in [0.717, 1.165) is 12.2 Å². The molecule has 0 radical (unpaired) electrons. The van der Waals surface area contributed by atoms with Crippen molar-refractivity contribution in [2.24, 2.45) is 5.92 Å². The molecule has 0 fully saturated rings. The Morgan fingerprint density at radius 3 is 2.67 bits per heavy atom. The summed E-state index contributed by atoms with van der Waals surface area (Å²) < 4.78 is 5.71. The van der Waals surface area contributed by atoms with Crippen LogP contribution in [0, 0.1) is 5.92 Å². The van der Waals surface area contributed by atoms with Gasteiger partial charge in [0.05, 0.1) is 6.10 Å². The van der Waals surface area contributed by atoms with E-state index in [-0.39, 0.29) is 6.10 Å². The molecule has 0 bridgehead atoms. The monoisotopic (exact) mass is 248 g/mol. The van der Waals surface area contributed by atoms with Gasteiger partial charge in [-0.2, -0.15) is 0 Å². The van der Waals surface area contributed by atoms with Gasteiger partial charge < -0.3 is 9.84 Å². The largest absolute Gasteiger partial charge is 0.491 e. The third-order valence-electron chi connectivity index (χ3n) is 4.04. The van der Waals surface area contributed by atoms with Gasteiger partial charge in [0.15, 0.2) is 0 Å². The molecule has 0 heterocycles. The molecular formula is C16H24O2. The maximum Gasteiger partial charge on any atom is 0.119 e. The van der Waals surface area contributed by atoms with E-state index in [1.165, 1.54) is 36.8 Å². The van der Waals surface area contributed by atoms with Crippen LogP contribution in [0.2, 0.25) is 0 Å². The zero-order valence-corrected chi connectivity index (χ0v) is 11.5. The molecular weight excluding hydrogens is 224 g/mol. The first-order chi connectivity index (χ1) is 8.70. The molecule has 100 valence electrons. The third kappa shape index (κ3) is 3.26. The van der Waals surface area contributed by atoms with Gasteiger partial charge in [-0.25, -0.2) is 0 Å². The number of aliphatic hydroxyl groups is 1. The molecule has 2 nitrogen and oxygen atoms in total. The van der Waals surface area contributed by atoms with E-state index in [4.69, 9.17) is 4.74 Å². The average Bonchev–Trinajstić information content (AvgIpc) is 2.43. The summed E-state index contributed by atoms with van der Waals surface area (Å²) in [6.07, 6.45) is 5.57. The van der Waals surface area contributed by atoms with Gasteiger partial charge in [-0.3, -0.25) is 0 Å². The van der Waals surface area contributed by atoms with E-state index in [2.05, 4.69) is 26.0 Å². The van der Waals surface area contributed by atoms with Gasteiger partial charge in [-0.1, -0.05) is 26.3 Å². The second kappa shape index (κ2) is 6.24. The topological polar surface area (TPSA) is 29.5 Å². The summed E-state index contributed by atoms with van der Waals surface area (Å²) in [7, 11) is 0. The van der Waals surface area contributed by atoms with E-state index >= 15 is 0 Å². The van der Waals surface area contributed by atoms with Gasteiger partial charge in [0.25, 0.3) is 0 Å². The van der Waals surface area contributed by atoms with Gasteiger partial charge >= 0.3 is 0 Å². The maximum atomic E-state index is 9.89. The number of benzene rings is 1. The van der Waals surface area contributed by atoms with E-state index in [9.17, 15) is 5.11 Å². The number of fused-ring (bicyclic) bond motifs is 1. The van der Waals surface area contributed by atoms with E-state index in [1.807, 2.05) is 6.07 Å². The van der Waals surface area contributed by atoms with Crippen LogP contribution in [-0.2, 0) is 12.8 Å². The number of aliphatic hydroxyl groups excluding tert-OH is 1. The van der Waals surface area contributed by atoms with Gasteiger partial charge in [0.1, 0.15) is 12.4 Å². The van der Waals surface area contributed by atoms with Crippen LogP contribution in [0.4, 0.5) is 0 Å². The molecule has 0 amide bonds. The zero-order chi connectivity index (χ0) is 13.0. The molecule has 2 unspecified atom stereocenters. The molecule has 0 saturated carbocycles. The van der Waals surface area contributed by atoms with Crippen LogP contribution >= 0.6 is 0 Å². The molecule has 2 rings (SSSR count). The predicted octanol–water partition coefficient (Wildman–Crippen LogP) is 3.35. The van der Waals surface area contributed by atoms with Crippen LogP contribution in [0.3, 0.4) is 0 Å². The number of hydrogen-bond donors (Lipinski definition) is 1. The van der Waals surface area contributed by atoms with Crippen LogP contribution in [-0.4, -0.2) is 17.8 Å². The molecule has 1 N–H and O–H groups in total. The Labute approximate surface area is 110 Å². The number of ether oxygens (including phenoxy) is 1. The number of aryl methyl sites for hydroxylation is 2. The molecule has 0 aromatic heterocycles. The number of rotatable bonds is 5. The third-order valence-corrected chi connectivity index (χ3v) is 4.04. The summed E-state index contributed by atoms with van der Waals surface area (Å²) in [5.74, 6) is 1.20. The van der Waals surface area contributed by atoms with Crippen molar-refractivity contribution in [3.8, 4) is 5.75 Å². The molecule has 0 spiro atoms. The standard InChI is InChI=1S/C16H24O2/c1-3-12(2)16(17)11-18-15-9-8-13-6-4-5-7-14(13)10-15/h8-10,12,16-17H,3-7,11H2,1-2H3. The van der Waals surface area contributed by atoms with Gasteiger partial charge in [-0.05, 0) is 54.9 Å². The summed E-state index contributed by atoms with van der Waals surface area (Å²) in [5.41, 5.74) is 2.90. The Hall–Kier alpha value is -1.02. The molecule has 1 aliphatic carbocycles. The zero-order valence-electron chi connectivity index (χ0n) is 11.5. The Balaban J connectivity index is 1.94. The van der Waals surface area contributed by atoms with Crippen molar-refractivity contribution in [1.82, 2.24) is 0 Å². The first kappa shape index (κ1) is 13.4. The highest BCUT2D eigenvalue weighted by Crippen LogP contribution is 2.25. The smallest absolute Gasteiger partial charge is 0.119 e. The van der Waals surface area contributed by atoms with E-state index < -0.39 is 0 Å². The van der Waals surface area contributed by atoms with Crippen molar-refractivity contribution in [3.05, 3.63) is 29.3 Å². The SMILES string of the molecule is CCC(C)C(O)COc1ccc2c(c1)CCCC2. The van der Waals surface area contributed by atoms with E-state index in [0.29, 0.717) is 12.5 Å². The van der Waals surface area contributed by atoms with Gasteiger partial charge in [0.2, 0.25) is 0 Å². The van der Waals surface area contributed by atoms with Crippen LogP contribution < -0.4 is 4.74 Å². The summed E-state index contributed by atoms with van der Waals surface area (Å²) >= 11 is 0. The minimum atomic E-state index is -0.369. The van der Waals surface area contributed by atoms with Crippen LogP contribution in [0.5, 0.6) is 5.75 Å². The van der Waals surface area contributed by atoms with Crippen LogP contribution in [0.15, 0.2) is 18.2 Å². The summed E-state index contributed by atoms with van der Waals surface area (Å²) in [4.78, 5) is 0. The highest BCUT2D eigenvalue weighted by Gasteiger charge is 2.14. The quantitative estimate of drug-likeness (QED) is 0.866. The molecule has 1 aromatic carbocycles. The van der Waals surface area contributed by atoms with Crippen molar-refractivity contribution in [2.75, 3.05) is 6.61 Å². The molecule has 1 aromatic rings. The fourth-order valence-corrected chi connectivity index (χ4v) is 2.42. The highest BCUT2D eigenvalue weighted by molar-refractivity contribution is 5.37. The lowest BCUT2D eigenvalue weighted by atomic mass is 9.92. The van der Waals surface area contributed by atoms with Crippen molar-refractivity contribution in [1.29, 1.82) is 0 Å². The second-order valence-electron chi connectivity index (χ2n) is 5.40. The first-order valence-electron chi connectivity index (χ1n) is 7.13. The fourth-order valence-electron chi connectivity index (χ4n) is 2.42. The molecule has 18 heavy (non-hydrogen) atoms. The summed E-state index contributed by atoms with van der Waals surface area (Å²) in [5, 5.41) is 9.89. The van der Waals surface area contributed by atoms with Crippen molar-refractivity contribution in [3.63, 3.8) is 0 Å². The lowest BCUT2D eigenvalue weighted by Crippen LogP contribution is -2.24. The molecule has 2 atom stereocenters. The minimum absolute atomic E-state index is 0.294. The first-order valence-corrected chi connectivity index (χ1v) is 7.13. The van der Waals surface area contributed by atoms with Gasteiger partial charge in [0, 0.05) is 0 Å². The predicted molar refractivity (Wildman–Crippen MR) is 74.0 cm³/mol. The summed E-state index contributed by atoms with van der Waals surface area (Å²) in [6.45, 7) is 4.54. The lowest BCUT2D eigenvalue weighted by Gasteiger charge is -2.20. The summed E-state index contributed by atoms with van der Waals surface area (Å²) in [6, 6.07) is 6.37. The number of hydrogen-bond acceptors (Lipinski definition) is 2. The molecule has 0 aliphatic heterocycles. The molecule has 0 saturated heterocycles. The van der Waals surface area contributed by atoms with Gasteiger partial charge in [-0.15, -0.1) is 0 Å². The van der Waals surface area contributed by atoms with Crippen molar-refractivity contribution < 1.29 is 9.84 Å². The Bertz CT molecular complexity index is 387. The van der Waals surface area contributed by atoms with Crippen molar-refractivity contribution >= 4 is 0 Å². The molecule has 2 heteroatoms. The Kier molecular flexibility index (Phi) is 4.65. The fraction of sp³-hybridized carbons (Fsp3) is 0.625. The normalized spacial score (nSPS) is 17.9. The highest BCUT2D eigenvalue weighted by atomic mass is 16.5. The second-order valence-corrected chi connectivity index (χ2v) is 5.40.